The van der Waals surface area contributed by atoms with Crippen molar-refractivity contribution in [2.24, 2.45) is 0 Å². The van der Waals surface area contributed by atoms with Gasteiger partial charge in [-0.1, -0.05) is 80.1 Å². The summed E-state index contributed by atoms with van der Waals surface area (Å²) in [5.74, 6) is 0.632. The lowest BCUT2D eigenvalue weighted by atomic mass is 10.0. The van der Waals surface area contributed by atoms with E-state index < -0.39 is 15.9 Å². The Balaban J connectivity index is 1.46. The quantitative estimate of drug-likeness (QED) is 0.276. The van der Waals surface area contributed by atoms with Crippen LogP contribution >= 0.6 is 0 Å². The van der Waals surface area contributed by atoms with Gasteiger partial charge >= 0.3 is 0 Å². The average Bonchev–Trinajstić information content (AvgIpc) is 2.90. The van der Waals surface area contributed by atoms with Crippen LogP contribution in [-0.2, 0) is 14.8 Å². The van der Waals surface area contributed by atoms with Gasteiger partial charge in [0.2, 0.25) is 5.91 Å². The van der Waals surface area contributed by atoms with Gasteiger partial charge in [-0.2, -0.15) is 0 Å². The molecule has 192 valence electrons. The SMILES string of the molecule is Cc1ccc(S(=O)(=O)N(CC(=O)NCCOc2cccc3ccccc23)c2ccc(C(C)C)cc2)cc1. The van der Waals surface area contributed by atoms with Crippen LogP contribution in [-0.4, -0.2) is 34.0 Å². The summed E-state index contributed by atoms with van der Waals surface area (Å²) in [5.41, 5.74) is 2.48. The Labute approximate surface area is 218 Å². The van der Waals surface area contributed by atoms with Crippen LogP contribution in [0.15, 0.2) is 95.9 Å². The van der Waals surface area contributed by atoms with E-state index in [-0.39, 0.29) is 24.6 Å². The number of ether oxygens (including phenoxy) is 1. The van der Waals surface area contributed by atoms with Crippen LogP contribution in [0.5, 0.6) is 5.75 Å². The number of anilines is 1. The van der Waals surface area contributed by atoms with Gasteiger partial charge in [0, 0.05) is 5.39 Å². The third kappa shape index (κ3) is 6.30. The molecule has 7 heteroatoms. The van der Waals surface area contributed by atoms with Crippen molar-refractivity contribution in [1.82, 2.24) is 5.32 Å². The number of rotatable bonds is 10. The summed E-state index contributed by atoms with van der Waals surface area (Å²) in [7, 11) is -3.96. The number of hydrogen-bond donors (Lipinski definition) is 1. The van der Waals surface area contributed by atoms with Crippen LogP contribution in [0.2, 0.25) is 0 Å². The van der Waals surface area contributed by atoms with Gasteiger partial charge in [0.05, 0.1) is 17.1 Å². The van der Waals surface area contributed by atoms with Crippen LogP contribution in [0.4, 0.5) is 5.69 Å². The van der Waals surface area contributed by atoms with Crippen LogP contribution in [0, 0.1) is 6.92 Å². The van der Waals surface area contributed by atoms with Crippen molar-refractivity contribution in [3.8, 4) is 5.75 Å². The Morgan fingerprint density at radius 1 is 0.892 bits per heavy atom. The third-order valence-corrected chi connectivity index (χ3v) is 7.96. The Bertz CT molecular complexity index is 1460. The minimum Gasteiger partial charge on any atom is -0.491 e. The third-order valence-electron chi connectivity index (χ3n) is 6.18. The number of carbonyl (C=O) groups is 1. The predicted molar refractivity (Wildman–Crippen MR) is 149 cm³/mol. The van der Waals surface area contributed by atoms with Gasteiger partial charge in [-0.05, 0) is 54.1 Å². The molecule has 0 atom stereocenters. The van der Waals surface area contributed by atoms with Crippen molar-refractivity contribution < 1.29 is 17.9 Å². The van der Waals surface area contributed by atoms with Crippen LogP contribution < -0.4 is 14.4 Å². The monoisotopic (exact) mass is 516 g/mol. The Morgan fingerprint density at radius 2 is 1.57 bits per heavy atom. The van der Waals surface area contributed by atoms with Crippen LogP contribution in [0.3, 0.4) is 0 Å². The standard InChI is InChI=1S/C30H32N2O4S/c1-22(2)24-13-15-26(16-14-24)32(37(34,35)27-17-11-23(3)12-18-27)21-30(33)31-19-20-36-29-10-6-8-25-7-4-5-9-28(25)29/h4-18,22H,19-21H2,1-3H3,(H,31,33). The Morgan fingerprint density at radius 3 is 2.27 bits per heavy atom. The zero-order chi connectivity index (χ0) is 26.4. The first-order valence-electron chi connectivity index (χ1n) is 12.3. The van der Waals surface area contributed by atoms with E-state index in [1.807, 2.05) is 61.5 Å². The van der Waals surface area contributed by atoms with E-state index in [0.29, 0.717) is 11.6 Å². The van der Waals surface area contributed by atoms with Crippen molar-refractivity contribution in [1.29, 1.82) is 0 Å². The Kier molecular flexibility index (Phi) is 8.14. The van der Waals surface area contributed by atoms with Gasteiger partial charge in [-0.3, -0.25) is 9.10 Å². The summed E-state index contributed by atoms with van der Waals surface area (Å²) in [4.78, 5) is 13.0. The molecule has 0 aliphatic heterocycles. The molecule has 0 aliphatic carbocycles. The maximum absolute atomic E-state index is 13.6. The van der Waals surface area contributed by atoms with E-state index in [1.54, 1.807) is 36.4 Å². The number of benzene rings is 4. The van der Waals surface area contributed by atoms with Gasteiger partial charge < -0.3 is 10.1 Å². The highest BCUT2D eigenvalue weighted by atomic mass is 32.2. The van der Waals surface area contributed by atoms with E-state index in [9.17, 15) is 13.2 Å². The highest BCUT2D eigenvalue weighted by Gasteiger charge is 2.27. The summed E-state index contributed by atoms with van der Waals surface area (Å²) in [6, 6.07) is 27.7. The fraction of sp³-hybridized carbons (Fsp3) is 0.233. The summed E-state index contributed by atoms with van der Waals surface area (Å²) < 4.78 is 34.2. The lowest BCUT2D eigenvalue weighted by Gasteiger charge is -2.24. The van der Waals surface area contributed by atoms with E-state index in [0.717, 1.165) is 32.0 Å². The fourth-order valence-corrected chi connectivity index (χ4v) is 5.46. The first-order valence-corrected chi connectivity index (χ1v) is 13.8. The van der Waals surface area contributed by atoms with E-state index in [4.69, 9.17) is 4.74 Å². The maximum atomic E-state index is 13.6. The number of nitrogens with one attached hydrogen (secondary N) is 1. The van der Waals surface area contributed by atoms with Crippen molar-refractivity contribution in [2.75, 3.05) is 24.0 Å². The smallest absolute Gasteiger partial charge is 0.264 e. The lowest BCUT2D eigenvalue weighted by molar-refractivity contribution is -0.119. The first kappa shape index (κ1) is 26.2. The summed E-state index contributed by atoms with van der Waals surface area (Å²) in [5, 5.41) is 4.86. The highest BCUT2D eigenvalue weighted by Crippen LogP contribution is 2.27. The van der Waals surface area contributed by atoms with Crippen LogP contribution in [0.1, 0.15) is 30.9 Å². The van der Waals surface area contributed by atoms with Crippen molar-refractivity contribution in [2.45, 2.75) is 31.6 Å². The Hall–Kier alpha value is -3.84. The number of carbonyl (C=O) groups excluding carboxylic acids is 1. The topological polar surface area (TPSA) is 75.7 Å². The highest BCUT2D eigenvalue weighted by molar-refractivity contribution is 7.92. The molecular weight excluding hydrogens is 484 g/mol. The second kappa shape index (κ2) is 11.5. The minimum absolute atomic E-state index is 0.137. The first-order chi connectivity index (χ1) is 17.8. The molecule has 0 saturated heterocycles. The molecule has 0 unspecified atom stereocenters. The molecular formula is C30H32N2O4S. The normalized spacial score (nSPS) is 11.5. The van der Waals surface area contributed by atoms with E-state index in [2.05, 4.69) is 19.2 Å². The molecule has 0 heterocycles. The molecule has 0 saturated carbocycles. The molecule has 0 bridgehead atoms. The summed E-state index contributed by atoms with van der Waals surface area (Å²) in [6.45, 7) is 6.20. The van der Waals surface area contributed by atoms with Crippen LogP contribution in [0.25, 0.3) is 10.8 Å². The molecule has 37 heavy (non-hydrogen) atoms. The molecule has 4 rings (SSSR count). The zero-order valence-electron chi connectivity index (χ0n) is 21.3. The van der Waals surface area contributed by atoms with Gasteiger partial charge in [0.15, 0.2) is 0 Å². The van der Waals surface area contributed by atoms with Gasteiger partial charge in [0.1, 0.15) is 18.9 Å². The predicted octanol–water partition coefficient (Wildman–Crippen LogP) is 5.66. The summed E-state index contributed by atoms with van der Waals surface area (Å²) in [6.07, 6.45) is 0. The molecule has 0 spiro atoms. The molecule has 0 aliphatic rings. The lowest BCUT2D eigenvalue weighted by Crippen LogP contribution is -2.41. The molecule has 0 radical (unpaired) electrons. The van der Waals surface area contributed by atoms with Crippen molar-refractivity contribution >= 4 is 32.4 Å². The zero-order valence-corrected chi connectivity index (χ0v) is 22.2. The van der Waals surface area contributed by atoms with Crippen molar-refractivity contribution in [3.63, 3.8) is 0 Å². The minimum atomic E-state index is -3.96. The molecule has 4 aromatic carbocycles. The largest absolute Gasteiger partial charge is 0.491 e. The number of fused-ring (bicyclic) bond motifs is 1. The van der Waals surface area contributed by atoms with Crippen molar-refractivity contribution in [3.05, 3.63) is 102 Å². The molecule has 1 N–H and O–H groups in total. The average molecular weight is 517 g/mol. The van der Waals surface area contributed by atoms with Gasteiger partial charge in [-0.15, -0.1) is 0 Å². The van der Waals surface area contributed by atoms with Gasteiger partial charge in [-0.25, -0.2) is 8.42 Å². The number of amides is 1. The number of sulfonamides is 1. The van der Waals surface area contributed by atoms with E-state index in [1.165, 1.54) is 0 Å². The maximum Gasteiger partial charge on any atom is 0.264 e. The van der Waals surface area contributed by atoms with Gasteiger partial charge in [0.25, 0.3) is 10.0 Å². The molecule has 4 aromatic rings. The fourth-order valence-electron chi connectivity index (χ4n) is 4.04. The molecule has 1 amide bonds. The number of nitrogens with zero attached hydrogens (tertiary/aromatic N) is 1. The molecule has 0 fully saturated rings. The van der Waals surface area contributed by atoms with E-state index >= 15 is 0 Å². The second-order valence-electron chi connectivity index (χ2n) is 9.25. The number of hydrogen-bond acceptors (Lipinski definition) is 4. The number of aryl methyl sites for hydroxylation is 1. The summed E-state index contributed by atoms with van der Waals surface area (Å²) >= 11 is 0. The molecule has 0 aromatic heterocycles. The second-order valence-corrected chi connectivity index (χ2v) is 11.1. The molecule has 6 nitrogen and oxygen atoms in total.